The van der Waals surface area contributed by atoms with Crippen LogP contribution in [0.1, 0.15) is 18.4 Å². The molecule has 0 radical (unpaired) electrons. The second-order valence-electron chi connectivity index (χ2n) is 8.85. The third-order valence-corrected chi connectivity index (χ3v) is 8.27. The van der Waals surface area contributed by atoms with E-state index in [1.807, 2.05) is 11.0 Å². The van der Waals surface area contributed by atoms with Gasteiger partial charge in [0.15, 0.2) is 5.71 Å². The number of piperidine rings is 2. The SMILES string of the molecule is Cl.O=C1/C(=N/O)[C@@H]2OCC=C3CN4CC[C@]56c7ccccc7N1[C@H]5[C@H]2[C@H]3C[C@H]46. The van der Waals surface area contributed by atoms with Crippen LogP contribution in [-0.2, 0) is 14.9 Å². The fraction of sp³-hybridized carbons (Fsp3) is 0.524. The Morgan fingerprint density at radius 2 is 2.14 bits per heavy atom. The Hall–Kier alpha value is -1.89. The largest absolute Gasteiger partial charge is 0.410 e. The maximum absolute atomic E-state index is 13.4. The van der Waals surface area contributed by atoms with E-state index >= 15 is 0 Å². The normalized spacial score (nSPS) is 43.4. The summed E-state index contributed by atoms with van der Waals surface area (Å²) in [5, 5.41) is 13.2. The zero-order valence-corrected chi connectivity index (χ0v) is 16.1. The molecule has 1 aromatic rings. The number of oxime groups is 1. The molecule has 0 unspecified atom stereocenters. The van der Waals surface area contributed by atoms with Crippen molar-refractivity contribution in [2.24, 2.45) is 17.0 Å². The van der Waals surface area contributed by atoms with Crippen LogP contribution in [0.25, 0.3) is 0 Å². The lowest BCUT2D eigenvalue weighted by molar-refractivity contribution is -0.118. The molecule has 1 spiro atoms. The van der Waals surface area contributed by atoms with Gasteiger partial charge in [-0.25, -0.2) is 0 Å². The van der Waals surface area contributed by atoms with Crippen LogP contribution in [-0.4, -0.2) is 59.6 Å². The van der Waals surface area contributed by atoms with Crippen molar-refractivity contribution in [2.45, 2.75) is 36.4 Å². The average molecular weight is 400 g/mol. The van der Waals surface area contributed by atoms with Gasteiger partial charge < -0.3 is 14.8 Å². The molecule has 28 heavy (non-hydrogen) atoms. The van der Waals surface area contributed by atoms with E-state index < -0.39 is 6.10 Å². The van der Waals surface area contributed by atoms with Crippen molar-refractivity contribution >= 4 is 29.7 Å². The molecular formula is C21H22ClN3O3. The Morgan fingerprint density at radius 1 is 1.29 bits per heavy atom. The summed E-state index contributed by atoms with van der Waals surface area (Å²) < 4.78 is 6.16. The molecule has 4 fully saturated rings. The number of nitrogens with zero attached hydrogens (tertiary/aromatic N) is 3. The monoisotopic (exact) mass is 399 g/mol. The number of benzene rings is 1. The fourth-order valence-electron chi connectivity index (χ4n) is 7.49. The van der Waals surface area contributed by atoms with Crippen LogP contribution in [0.3, 0.4) is 0 Å². The maximum atomic E-state index is 13.4. The minimum atomic E-state index is -0.415. The topological polar surface area (TPSA) is 65.4 Å². The minimum Gasteiger partial charge on any atom is -0.410 e. The van der Waals surface area contributed by atoms with Crippen LogP contribution in [0.5, 0.6) is 0 Å². The summed E-state index contributed by atoms with van der Waals surface area (Å²) in [4.78, 5) is 18.0. The number of carbonyl (C=O) groups excluding carboxylic acids is 1. The number of ether oxygens (including phenoxy) is 1. The first kappa shape index (κ1) is 17.0. The number of anilines is 1. The number of amides is 1. The number of halogens is 1. The fourth-order valence-corrected chi connectivity index (χ4v) is 7.49. The van der Waals surface area contributed by atoms with Gasteiger partial charge in [0.1, 0.15) is 6.10 Å². The zero-order chi connectivity index (χ0) is 17.9. The molecule has 1 aliphatic carbocycles. The third-order valence-electron chi connectivity index (χ3n) is 8.27. The van der Waals surface area contributed by atoms with E-state index in [1.54, 1.807) is 0 Å². The van der Waals surface area contributed by atoms with Crippen LogP contribution in [0.15, 0.2) is 41.1 Å². The molecule has 1 saturated carbocycles. The molecule has 1 N–H and O–H groups in total. The van der Waals surface area contributed by atoms with Gasteiger partial charge in [-0.2, -0.15) is 0 Å². The van der Waals surface area contributed by atoms with Gasteiger partial charge in [-0.3, -0.25) is 9.69 Å². The molecular weight excluding hydrogens is 378 g/mol. The molecule has 5 heterocycles. The molecule has 6 aliphatic rings. The number of carbonyl (C=O) groups is 1. The lowest BCUT2D eigenvalue weighted by Gasteiger charge is -2.58. The number of para-hydroxylation sites is 1. The lowest BCUT2D eigenvalue weighted by Crippen LogP contribution is -2.71. The van der Waals surface area contributed by atoms with Crippen LogP contribution < -0.4 is 4.90 Å². The quantitative estimate of drug-likeness (QED) is 0.411. The average Bonchev–Trinajstić information content (AvgIpc) is 3.15. The van der Waals surface area contributed by atoms with Gasteiger partial charge in [0.2, 0.25) is 0 Å². The van der Waals surface area contributed by atoms with E-state index in [0.717, 1.165) is 31.6 Å². The standard InChI is InChI=1S/C21H21N3O3.ClH/c25-20-17(22-26)18-16-12-9-15-21(6-7-23(15)10-11(12)5-8-27-18)13-3-1-2-4-14(13)24(20)19(16)21;/h1-5,12,15-16,18-19,26H,6-10H2;1H/b22-17+;/t12-,15-,16-,18+,19-,21+;/m0./s1. The minimum absolute atomic E-state index is 0. The number of hydrogen-bond acceptors (Lipinski definition) is 5. The molecule has 1 aromatic carbocycles. The molecule has 1 amide bonds. The van der Waals surface area contributed by atoms with Gasteiger partial charge in [0, 0.05) is 29.6 Å². The summed E-state index contributed by atoms with van der Waals surface area (Å²) in [7, 11) is 0. The lowest BCUT2D eigenvalue weighted by atomic mass is 9.53. The van der Waals surface area contributed by atoms with Gasteiger partial charge in [-0.05, 0) is 36.9 Å². The van der Waals surface area contributed by atoms with Crippen molar-refractivity contribution in [1.82, 2.24) is 4.90 Å². The summed E-state index contributed by atoms with van der Waals surface area (Å²) in [5.41, 5.74) is 3.93. The van der Waals surface area contributed by atoms with Crippen molar-refractivity contribution in [3.63, 3.8) is 0 Å². The molecule has 0 aromatic heterocycles. The van der Waals surface area contributed by atoms with Crippen molar-refractivity contribution in [2.75, 3.05) is 24.6 Å². The molecule has 5 aliphatic heterocycles. The molecule has 7 rings (SSSR count). The third kappa shape index (κ3) is 1.62. The van der Waals surface area contributed by atoms with Crippen molar-refractivity contribution in [3.8, 4) is 0 Å². The van der Waals surface area contributed by atoms with E-state index in [1.165, 1.54) is 11.1 Å². The summed E-state index contributed by atoms with van der Waals surface area (Å²) in [6.45, 7) is 2.59. The van der Waals surface area contributed by atoms with Gasteiger partial charge in [0.05, 0.1) is 12.6 Å². The summed E-state index contributed by atoms with van der Waals surface area (Å²) in [6, 6.07) is 8.96. The molecule has 3 saturated heterocycles. The van der Waals surface area contributed by atoms with Gasteiger partial charge in [0.25, 0.3) is 5.91 Å². The summed E-state index contributed by atoms with van der Waals surface area (Å²) in [5.74, 6) is 0.373. The smallest absolute Gasteiger partial charge is 0.279 e. The van der Waals surface area contributed by atoms with Crippen molar-refractivity contribution in [1.29, 1.82) is 0 Å². The molecule has 2 bridgehead atoms. The first-order valence-electron chi connectivity index (χ1n) is 9.95. The van der Waals surface area contributed by atoms with E-state index in [2.05, 4.69) is 34.3 Å². The van der Waals surface area contributed by atoms with E-state index in [0.29, 0.717) is 18.6 Å². The van der Waals surface area contributed by atoms with Crippen LogP contribution in [0, 0.1) is 11.8 Å². The Balaban J connectivity index is 0.00000156. The van der Waals surface area contributed by atoms with Crippen molar-refractivity contribution < 1.29 is 14.7 Å². The first-order valence-corrected chi connectivity index (χ1v) is 9.95. The maximum Gasteiger partial charge on any atom is 0.279 e. The first-order chi connectivity index (χ1) is 13.3. The highest BCUT2D eigenvalue weighted by atomic mass is 35.5. The predicted molar refractivity (Wildman–Crippen MR) is 105 cm³/mol. The summed E-state index contributed by atoms with van der Waals surface area (Å²) in [6.07, 6.45) is 4.00. The molecule has 6 nitrogen and oxygen atoms in total. The van der Waals surface area contributed by atoms with Crippen LogP contribution in [0.4, 0.5) is 5.69 Å². The highest BCUT2D eigenvalue weighted by Gasteiger charge is 2.72. The number of fused-ring (bicyclic) bond motifs is 2. The Morgan fingerprint density at radius 3 is 3.00 bits per heavy atom. The van der Waals surface area contributed by atoms with Crippen LogP contribution >= 0.6 is 12.4 Å². The van der Waals surface area contributed by atoms with Gasteiger partial charge in [-0.15, -0.1) is 12.4 Å². The Kier molecular flexibility index (Phi) is 3.27. The second kappa shape index (κ2) is 5.38. The summed E-state index contributed by atoms with van der Waals surface area (Å²) >= 11 is 0. The van der Waals surface area contributed by atoms with Gasteiger partial charge in [-0.1, -0.05) is 35.0 Å². The van der Waals surface area contributed by atoms with E-state index in [-0.39, 0.29) is 41.4 Å². The van der Waals surface area contributed by atoms with E-state index in [9.17, 15) is 10.0 Å². The van der Waals surface area contributed by atoms with Crippen molar-refractivity contribution in [3.05, 3.63) is 41.5 Å². The van der Waals surface area contributed by atoms with Gasteiger partial charge >= 0.3 is 0 Å². The van der Waals surface area contributed by atoms with Crippen LogP contribution in [0.2, 0.25) is 0 Å². The molecule has 146 valence electrons. The highest BCUT2D eigenvalue weighted by molar-refractivity contribution is 6.46. The van der Waals surface area contributed by atoms with E-state index in [4.69, 9.17) is 4.74 Å². The number of rotatable bonds is 0. The molecule has 6 atom stereocenters. The molecule has 7 heteroatoms. The zero-order valence-electron chi connectivity index (χ0n) is 15.3. The Bertz CT molecular complexity index is 962. The Labute approximate surface area is 169 Å². The second-order valence-corrected chi connectivity index (χ2v) is 8.85. The highest BCUT2D eigenvalue weighted by Crippen LogP contribution is 2.65. The number of hydrogen-bond donors (Lipinski definition) is 1. The predicted octanol–water partition coefficient (Wildman–Crippen LogP) is 1.95.